The molecule has 0 unspecified atom stereocenters. The summed E-state index contributed by atoms with van der Waals surface area (Å²) in [5.41, 5.74) is 0.839. The molecule has 8 nitrogen and oxygen atoms in total. The fraction of sp³-hybridized carbons (Fsp3) is 0.368. The van der Waals surface area contributed by atoms with Crippen LogP contribution in [0.15, 0.2) is 44.3 Å². The minimum Gasteiger partial charge on any atom is -0.486 e. The van der Waals surface area contributed by atoms with Crippen molar-refractivity contribution in [1.82, 2.24) is 14.5 Å². The van der Waals surface area contributed by atoms with Gasteiger partial charge in [-0.25, -0.2) is 8.42 Å². The number of nitrogens with zero attached hydrogens (tertiary/aromatic N) is 3. The van der Waals surface area contributed by atoms with E-state index in [1.165, 1.54) is 21.7 Å². The molecule has 0 saturated carbocycles. The van der Waals surface area contributed by atoms with Gasteiger partial charge < -0.3 is 13.9 Å². The second-order valence-corrected chi connectivity index (χ2v) is 9.56. The number of aromatic nitrogens is 2. The van der Waals surface area contributed by atoms with Gasteiger partial charge in [0.15, 0.2) is 11.5 Å². The Morgan fingerprint density at radius 1 is 1.07 bits per heavy atom. The molecule has 1 saturated heterocycles. The highest BCUT2D eigenvalue weighted by molar-refractivity contribution is 7.89. The first-order valence-corrected chi connectivity index (χ1v) is 11.8. The summed E-state index contributed by atoms with van der Waals surface area (Å²) in [5.74, 6) is 1.74. The third-order valence-corrected chi connectivity index (χ3v) is 7.66. The summed E-state index contributed by atoms with van der Waals surface area (Å²) in [6.45, 7) is 1.25. The van der Waals surface area contributed by atoms with Gasteiger partial charge in [0, 0.05) is 23.6 Å². The van der Waals surface area contributed by atoms with Crippen LogP contribution in [0.2, 0.25) is 0 Å². The lowest BCUT2D eigenvalue weighted by Crippen LogP contribution is -2.38. The molecule has 1 fully saturated rings. The lowest BCUT2D eigenvalue weighted by Gasteiger charge is -2.32. The molecule has 152 valence electrons. The van der Waals surface area contributed by atoms with Crippen LogP contribution < -0.4 is 9.47 Å². The zero-order valence-electron chi connectivity index (χ0n) is 15.5. The van der Waals surface area contributed by atoms with E-state index in [0.29, 0.717) is 49.5 Å². The number of sulfonamides is 1. The minimum absolute atomic E-state index is 0.172. The second kappa shape index (κ2) is 7.43. The smallest absolute Gasteiger partial charge is 0.248 e. The number of hydrogen-bond acceptors (Lipinski definition) is 8. The van der Waals surface area contributed by atoms with Gasteiger partial charge in [-0.3, -0.25) is 0 Å². The largest absolute Gasteiger partial charge is 0.486 e. The first-order chi connectivity index (χ1) is 14.1. The molecule has 3 aromatic rings. The van der Waals surface area contributed by atoms with Gasteiger partial charge in [0.2, 0.25) is 21.8 Å². The van der Waals surface area contributed by atoms with Crippen LogP contribution in [-0.4, -0.2) is 42.7 Å². The zero-order chi connectivity index (χ0) is 19.8. The molecule has 2 aliphatic rings. The van der Waals surface area contributed by atoms with Crippen molar-refractivity contribution in [1.29, 1.82) is 0 Å². The van der Waals surface area contributed by atoms with Crippen LogP contribution in [0, 0.1) is 0 Å². The van der Waals surface area contributed by atoms with E-state index in [1.54, 1.807) is 12.1 Å². The molecule has 0 aliphatic carbocycles. The van der Waals surface area contributed by atoms with Gasteiger partial charge in [-0.2, -0.15) is 15.6 Å². The topological polar surface area (TPSA) is 94.8 Å². The van der Waals surface area contributed by atoms with Gasteiger partial charge >= 0.3 is 0 Å². The Hall–Kier alpha value is -2.43. The summed E-state index contributed by atoms with van der Waals surface area (Å²) in [6.07, 6.45) is 2.31. The number of benzene rings is 1. The predicted molar refractivity (Wildman–Crippen MR) is 106 cm³/mol. The molecule has 1 aromatic carbocycles. The van der Waals surface area contributed by atoms with Crippen LogP contribution in [0.25, 0.3) is 11.5 Å². The molecule has 1 atom stereocenters. The Morgan fingerprint density at radius 3 is 2.76 bits per heavy atom. The Labute approximate surface area is 172 Å². The van der Waals surface area contributed by atoms with Crippen molar-refractivity contribution < 1.29 is 22.3 Å². The van der Waals surface area contributed by atoms with E-state index in [-0.39, 0.29) is 4.90 Å². The van der Waals surface area contributed by atoms with Crippen LogP contribution in [0.4, 0.5) is 0 Å². The monoisotopic (exact) mass is 433 g/mol. The fourth-order valence-electron chi connectivity index (χ4n) is 3.63. The minimum atomic E-state index is -3.77. The van der Waals surface area contributed by atoms with E-state index in [0.717, 1.165) is 18.4 Å². The highest BCUT2D eigenvalue weighted by atomic mass is 32.2. The van der Waals surface area contributed by atoms with Crippen LogP contribution >= 0.6 is 11.3 Å². The Kier molecular flexibility index (Phi) is 4.76. The molecular formula is C19H19N3O5S2. The van der Waals surface area contributed by atoms with Crippen molar-refractivity contribution in [3.8, 4) is 23.0 Å². The van der Waals surface area contributed by atoms with Crippen molar-refractivity contribution >= 4 is 21.4 Å². The van der Waals surface area contributed by atoms with Crippen LogP contribution in [0.1, 0.15) is 31.2 Å². The van der Waals surface area contributed by atoms with E-state index in [4.69, 9.17) is 13.9 Å². The molecular weight excluding hydrogens is 414 g/mol. The molecule has 0 radical (unpaired) electrons. The normalized spacial score (nSPS) is 19.9. The highest BCUT2D eigenvalue weighted by Gasteiger charge is 2.38. The van der Waals surface area contributed by atoms with E-state index in [9.17, 15) is 8.42 Å². The highest BCUT2D eigenvalue weighted by Crippen LogP contribution is 2.38. The van der Waals surface area contributed by atoms with E-state index < -0.39 is 16.1 Å². The summed E-state index contributed by atoms with van der Waals surface area (Å²) >= 11 is 1.54. The Balaban J connectivity index is 1.48. The lowest BCUT2D eigenvalue weighted by molar-refractivity contribution is 0.171. The molecule has 0 spiro atoms. The Morgan fingerprint density at radius 2 is 1.93 bits per heavy atom. The number of fused-ring (bicyclic) bond motifs is 1. The van der Waals surface area contributed by atoms with Gasteiger partial charge in [-0.05, 0) is 36.4 Å². The summed E-state index contributed by atoms with van der Waals surface area (Å²) in [7, 11) is -3.77. The van der Waals surface area contributed by atoms with Crippen molar-refractivity contribution in [2.24, 2.45) is 0 Å². The molecule has 4 heterocycles. The number of rotatable bonds is 4. The van der Waals surface area contributed by atoms with Crippen LogP contribution in [0.3, 0.4) is 0 Å². The fourth-order valence-corrected chi connectivity index (χ4v) is 5.93. The van der Waals surface area contributed by atoms with Crippen molar-refractivity contribution in [3.63, 3.8) is 0 Å². The molecule has 0 N–H and O–H groups in total. The van der Waals surface area contributed by atoms with Gasteiger partial charge in [0.05, 0.1) is 4.90 Å². The van der Waals surface area contributed by atoms with Crippen LogP contribution in [0.5, 0.6) is 11.5 Å². The number of piperidine rings is 1. The first-order valence-electron chi connectivity index (χ1n) is 9.40. The van der Waals surface area contributed by atoms with Crippen molar-refractivity contribution in [3.05, 3.63) is 40.9 Å². The number of ether oxygens (including phenoxy) is 2. The molecule has 0 bridgehead atoms. The molecule has 2 aromatic heterocycles. The maximum atomic E-state index is 13.4. The molecule has 5 rings (SSSR count). The average Bonchev–Trinajstić information content (AvgIpc) is 3.45. The summed E-state index contributed by atoms with van der Waals surface area (Å²) < 4.78 is 45.2. The maximum absolute atomic E-state index is 13.4. The van der Waals surface area contributed by atoms with E-state index >= 15 is 0 Å². The van der Waals surface area contributed by atoms with Gasteiger partial charge in [-0.1, -0.05) is 6.42 Å². The summed E-state index contributed by atoms with van der Waals surface area (Å²) in [6, 6.07) is 6.13. The summed E-state index contributed by atoms with van der Waals surface area (Å²) in [5, 5.41) is 12.1. The molecule has 0 amide bonds. The van der Waals surface area contributed by atoms with E-state index in [2.05, 4.69) is 10.2 Å². The second-order valence-electron chi connectivity index (χ2n) is 6.89. The van der Waals surface area contributed by atoms with Crippen LogP contribution in [-0.2, 0) is 10.0 Å². The van der Waals surface area contributed by atoms with Gasteiger partial charge in [0.25, 0.3) is 0 Å². The summed E-state index contributed by atoms with van der Waals surface area (Å²) in [4.78, 5) is 0.172. The Bertz CT molecular complexity index is 1110. The number of hydrogen-bond donors (Lipinski definition) is 0. The number of thiophene rings is 1. The SMILES string of the molecule is O=S(=O)(c1ccc2c(c1)OCCO2)N1CCCC[C@@H]1c1nnc(-c2ccsc2)o1. The van der Waals surface area contributed by atoms with Crippen molar-refractivity contribution in [2.75, 3.05) is 19.8 Å². The average molecular weight is 434 g/mol. The first kappa shape index (κ1) is 18.6. The van der Waals surface area contributed by atoms with Gasteiger partial charge in [0.1, 0.15) is 19.3 Å². The molecule has 2 aliphatic heterocycles. The molecule has 29 heavy (non-hydrogen) atoms. The quantitative estimate of drug-likeness (QED) is 0.622. The third kappa shape index (κ3) is 3.41. The van der Waals surface area contributed by atoms with Gasteiger partial charge in [-0.15, -0.1) is 10.2 Å². The predicted octanol–water partition coefficient (Wildman–Crippen LogP) is 3.49. The molecule has 10 heteroatoms. The van der Waals surface area contributed by atoms with E-state index in [1.807, 2.05) is 16.8 Å². The lowest BCUT2D eigenvalue weighted by atomic mass is 10.1. The third-order valence-electron chi connectivity index (χ3n) is 5.07. The van der Waals surface area contributed by atoms with Crippen molar-refractivity contribution in [2.45, 2.75) is 30.2 Å². The zero-order valence-corrected chi connectivity index (χ0v) is 17.1. The maximum Gasteiger partial charge on any atom is 0.248 e. The standard InChI is InChI=1S/C19H19N3O5S2/c23-29(24,14-4-5-16-17(11-14)26-9-8-25-16)22-7-2-1-3-15(22)19-21-20-18(27-19)13-6-10-28-12-13/h4-6,10-12,15H,1-3,7-9H2/t15-/m1/s1.